The first kappa shape index (κ1) is 13.1. The third kappa shape index (κ3) is 2.82. The normalized spacial score (nSPS) is 32.0. The van der Waals surface area contributed by atoms with Crippen LogP contribution < -0.4 is 5.32 Å². The molecule has 19 heavy (non-hydrogen) atoms. The summed E-state index contributed by atoms with van der Waals surface area (Å²) in [4.78, 5) is 7.09. The molecule has 0 saturated carbocycles. The summed E-state index contributed by atoms with van der Waals surface area (Å²) in [7, 11) is 2.23. The van der Waals surface area contributed by atoms with Gasteiger partial charge in [-0.2, -0.15) is 0 Å². The summed E-state index contributed by atoms with van der Waals surface area (Å²) in [5.74, 6) is 0. The van der Waals surface area contributed by atoms with Gasteiger partial charge in [-0.3, -0.25) is 4.98 Å². The van der Waals surface area contributed by atoms with Crippen molar-refractivity contribution in [3.8, 4) is 0 Å². The molecule has 1 saturated heterocycles. The summed E-state index contributed by atoms with van der Waals surface area (Å²) in [6.07, 6.45) is 8.19. The lowest BCUT2D eigenvalue weighted by Gasteiger charge is -2.38. The number of aryl methyl sites for hydroxylation is 1. The molecule has 1 N–H and O–H groups in total. The lowest BCUT2D eigenvalue weighted by Crippen LogP contribution is -2.47. The molecule has 3 heteroatoms. The van der Waals surface area contributed by atoms with E-state index < -0.39 is 0 Å². The Hall–Kier alpha value is -0.930. The summed E-state index contributed by atoms with van der Waals surface area (Å²) in [6.45, 7) is 3.54. The molecule has 1 aliphatic heterocycles. The van der Waals surface area contributed by atoms with Crippen molar-refractivity contribution in [2.45, 2.75) is 57.2 Å². The molecule has 3 atom stereocenters. The zero-order valence-electron chi connectivity index (χ0n) is 12.1. The van der Waals surface area contributed by atoms with Crippen LogP contribution >= 0.6 is 0 Å². The molecule has 0 bridgehead atoms. The number of pyridine rings is 1. The lowest BCUT2D eigenvalue weighted by molar-refractivity contribution is 0.159. The second-order valence-electron chi connectivity index (χ2n) is 6.21. The standard InChI is InChI=1S/C16H25N3/c1-12-11-14(8-10-19(12)2)18-15-7-3-5-13-6-4-9-17-16(13)15/h4,6,9,12,14-15,18H,3,5,7-8,10-11H2,1-2H3. The van der Waals surface area contributed by atoms with Crippen molar-refractivity contribution >= 4 is 0 Å². The average Bonchev–Trinajstić information content (AvgIpc) is 2.43. The van der Waals surface area contributed by atoms with Crippen molar-refractivity contribution in [2.75, 3.05) is 13.6 Å². The fraction of sp³-hybridized carbons (Fsp3) is 0.688. The molecule has 0 spiro atoms. The molecular weight excluding hydrogens is 234 g/mol. The summed E-state index contributed by atoms with van der Waals surface area (Å²) in [5.41, 5.74) is 2.76. The van der Waals surface area contributed by atoms with E-state index in [1.54, 1.807) is 0 Å². The molecule has 1 aliphatic carbocycles. The van der Waals surface area contributed by atoms with E-state index in [9.17, 15) is 0 Å². The van der Waals surface area contributed by atoms with Gasteiger partial charge < -0.3 is 10.2 Å². The van der Waals surface area contributed by atoms with E-state index in [1.165, 1.54) is 49.9 Å². The largest absolute Gasteiger partial charge is 0.306 e. The van der Waals surface area contributed by atoms with Crippen LogP contribution in [0.4, 0.5) is 0 Å². The van der Waals surface area contributed by atoms with Crippen molar-refractivity contribution in [3.63, 3.8) is 0 Å². The molecule has 0 aromatic carbocycles. The van der Waals surface area contributed by atoms with Gasteiger partial charge in [-0.15, -0.1) is 0 Å². The second kappa shape index (κ2) is 5.59. The number of hydrogen-bond acceptors (Lipinski definition) is 3. The minimum absolute atomic E-state index is 0.477. The lowest BCUT2D eigenvalue weighted by atomic mass is 9.90. The minimum atomic E-state index is 0.477. The average molecular weight is 259 g/mol. The van der Waals surface area contributed by atoms with Gasteiger partial charge >= 0.3 is 0 Å². The van der Waals surface area contributed by atoms with Crippen molar-refractivity contribution in [1.82, 2.24) is 15.2 Å². The fourth-order valence-electron chi connectivity index (χ4n) is 3.50. The first-order chi connectivity index (χ1) is 9.24. The van der Waals surface area contributed by atoms with Crippen LogP contribution in [0.15, 0.2) is 18.3 Å². The van der Waals surface area contributed by atoms with Gasteiger partial charge in [0.05, 0.1) is 5.69 Å². The molecule has 3 rings (SSSR count). The maximum Gasteiger partial charge on any atom is 0.0605 e. The van der Waals surface area contributed by atoms with Crippen LogP contribution in [-0.2, 0) is 6.42 Å². The SMILES string of the molecule is CC1CC(NC2CCCc3cccnc32)CCN1C. The van der Waals surface area contributed by atoms with E-state index in [0.717, 1.165) is 0 Å². The highest BCUT2D eigenvalue weighted by atomic mass is 15.1. The molecule has 1 aromatic rings. The number of nitrogens with zero attached hydrogens (tertiary/aromatic N) is 2. The quantitative estimate of drug-likeness (QED) is 0.884. The summed E-state index contributed by atoms with van der Waals surface area (Å²) in [6, 6.07) is 6.14. The zero-order valence-corrected chi connectivity index (χ0v) is 12.1. The van der Waals surface area contributed by atoms with Crippen LogP contribution in [0.1, 0.15) is 49.9 Å². The smallest absolute Gasteiger partial charge is 0.0605 e. The highest BCUT2D eigenvalue weighted by Gasteiger charge is 2.27. The Bertz CT molecular complexity index is 432. The Kier molecular flexibility index (Phi) is 3.85. The molecule has 1 aromatic heterocycles. The monoisotopic (exact) mass is 259 g/mol. The molecule has 2 aliphatic rings. The van der Waals surface area contributed by atoms with Crippen LogP contribution in [-0.4, -0.2) is 35.6 Å². The predicted octanol–water partition coefficient (Wildman–Crippen LogP) is 2.53. The molecule has 2 heterocycles. The Labute approximate surface area is 116 Å². The molecule has 3 nitrogen and oxygen atoms in total. The van der Waals surface area contributed by atoms with Crippen LogP contribution in [0.2, 0.25) is 0 Å². The summed E-state index contributed by atoms with van der Waals surface area (Å²) < 4.78 is 0. The topological polar surface area (TPSA) is 28.2 Å². The van der Waals surface area contributed by atoms with E-state index in [1.807, 2.05) is 6.20 Å². The van der Waals surface area contributed by atoms with Crippen LogP contribution in [0.5, 0.6) is 0 Å². The van der Waals surface area contributed by atoms with E-state index >= 15 is 0 Å². The second-order valence-corrected chi connectivity index (χ2v) is 6.21. The van der Waals surface area contributed by atoms with Gasteiger partial charge in [-0.05, 0) is 64.3 Å². The number of likely N-dealkylation sites (tertiary alicyclic amines) is 1. The molecular formula is C16H25N3. The third-order valence-corrected chi connectivity index (χ3v) is 4.84. The van der Waals surface area contributed by atoms with Gasteiger partial charge in [-0.25, -0.2) is 0 Å². The predicted molar refractivity (Wildman–Crippen MR) is 78.2 cm³/mol. The highest BCUT2D eigenvalue weighted by molar-refractivity contribution is 5.25. The first-order valence-corrected chi connectivity index (χ1v) is 7.64. The van der Waals surface area contributed by atoms with Crippen molar-refractivity contribution in [2.24, 2.45) is 0 Å². The molecule has 1 fully saturated rings. The minimum Gasteiger partial charge on any atom is -0.306 e. The number of nitrogens with one attached hydrogen (secondary N) is 1. The molecule has 0 amide bonds. The Morgan fingerprint density at radius 2 is 2.26 bits per heavy atom. The number of fused-ring (bicyclic) bond motifs is 1. The van der Waals surface area contributed by atoms with Gasteiger partial charge in [-0.1, -0.05) is 6.07 Å². The number of hydrogen-bond donors (Lipinski definition) is 1. The first-order valence-electron chi connectivity index (χ1n) is 7.64. The zero-order chi connectivity index (χ0) is 13.2. The van der Waals surface area contributed by atoms with Gasteiger partial charge in [0.25, 0.3) is 0 Å². The van der Waals surface area contributed by atoms with Crippen molar-refractivity contribution in [3.05, 3.63) is 29.6 Å². The third-order valence-electron chi connectivity index (χ3n) is 4.84. The van der Waals surface area contributed by atoms with E-state index in [4.69, 9.17) is 0 Å². The van der Waals surface area contributed by atoms with Crippen molar-refractivity contribution < 1.29 is 0 Å². The molecule has 3 unspecified atom stereocenters. The van der Waals surface area contributed by atoms with Crippen LogP contribution in [0, 0.1) is 0 Å². The fourth-order valence-corrected chi connectivity index (χ4v) is 3.50. The maximum absolute atomic E-state index is 4.63. The number of rotatable bonds is 2. The Balaban J connectivity index is 1.68. The number of piperidine rings is 1. The summed E-state index contributed by atoms with van der Waals surface area (Å²) in [5, 5.41) is 3.88. The van der Waals surface area contributed by atoms with Gasteiger partial charge in [0, 0.05) is 24.3 Å². The van der Waals surface area contributed by atoms with Gasteiger partial charge in [0.2, 0.25) is 0 Å². The Morgan fingerprint density at radius 1 is 1.37 bits per heavy atom. The Morgan fingerprint density at radius 3 is 3.11 bits per heavy atom. The van der Waals surface area contributed by atoms with Crippen LogP contribution in [0.25, 0.3) is 0 Å². The summed E-state index contributed by atoms with van der Waals surface area (Å²) >= 11 is 0. The molecule has 104 valence electrons. The number of aromatic nitrogens is 1. The van der Waals surface area contributed by atoms with Crippen molar-refractivity contribution in [1.29, 1.82) is 0 Å². The van der Waals surface area contributed by atoms with E-state index in [-0.39, 0.29) is 0 Å². The van der Waals surface area contributed by atoms with Gasteiger partial charge in [0.15, 0.2) is 0 Å². The van der Waals surface area contributed by atoms with E-state index in [2.05, 4.69) is 41.3 Å². The van der Waals surface area contributed by atoms with Crippen LogP contribution in [0.3, 0.4) is 0 Å². The maximum atomic E-state index is 4.63. The van der Waals surface area contributed by atoms with Gasteiger partial charge in [0.1, 0.15) is 0 Å². The highest BCUT2D eigenvalue weighted by Crippen LogP contribution is 2.29. The van der Waals surface area contributed by atoms with E-state index in [0.29, 0.717) is 18.1 Å². The molecule has 0 radical (unpaired) electrons.